The predicted octanol–water partition coefficient (Wildman–Crippen LogP) is 4.32. The average molecular weight is 368 g/mol. The van der Waals surface area contributed by atoms with Crippen molar-refractivity contribution in [3.05, 3.63) is 65.5 Å². The smallest absolute Gasteiger partial charge is 0.251 e. The SMILES string of the molecule is O=C(NCCc1ccc(F)cc1)c1cccc(NC(=O)C2CCCCC2)c1. The van der Waals surface area contributed by atoms with Crippen LogP contribution in [0.4, 0.5) is 10.1 Å². The molecule has 0 aliphatic heterocycles. The van der Waals surface area contributed by atoms with Gasteiger partial charge in [0.05, 0.1) is 0 Å². The lowest BCUT2D eigenvalue weighted by Gasteiger charge is -2.20. The molecule has 2 amide bonds. The van der Waals surface area contributed by atoms with Crippen molar-refractivity contribution in [3.63, 3.8) is 0 Å². The summed E-state index contributed by atoms with van der Waals surface area (Å²) in [5.41, 5.74) is 2.12. The van der Waals surface area contributed by atoms with Crippen LogP contribution in [0.1, 0.15) is 48.0 Å². The fourth-order valence-corrected chi connectivity index (χ4v) is 3.42. The van der Waals surface area contributed by atoms with E-state index in [2.05, 4.69) is 10.6 Å². The van der Waals surface area contributed by atoms with Gasteiger partial charge in [-0.3, -0.25) is 9.59 Å². The van der Waals surface area contributed by atoms with Gasteiger partial charge in [-0.1, -0.05) is 37.5 Å². The molecule has 0 radical (unpaired) electrons. The van der Waals surface area contributed by atoms with Gasteiger partial charge in [0.1, 0.15) is 5.82 Å². The summed E-state index contributed by atoms with van der Waals surface area (Å²) in [5, 5.41) is 5.80. The summed E-state index contributed by atoms with van der Waals surface area (Å²) in [7, 11) is 0. The van der Waals surface area contributed by atoms with E-state index < -0.39 is 0 Å². The molecule has 0 aromatic heterocycles. The molecule has 4 nitrogen and oxygen atoms in total. The highest BCUT2D eigenvalue weighted by Crippen LogP contribution is 2.25. The molecule has 1 aliphatic rings. The first-order chi connectivity index (χ1) is 13.1. The summed E-state index contributed by atoms with van der Waals surface area (Å²) in [6.45, 7) is 0.461. The van der Waals surface area contributed by atoms with Crippen molar-refractivity contribution in [1.29, 1.82) is 0 Å². The Balaban J connectivity index is 1.51. The predicted molar refractivity (Wildman–Crippen MR) is 104 cm³/mol. The van der Waals surface area contributed by atoms with E-state index in [1.54, 1.807) is 36.4 Å². The summed E-state index contributed by atoms with van der Waals surface area (Å²) in [6.07, 6.45) is 5.93. The van der Waals surface area contributed by atoms with E-state index in [-0.39, 0.29) is 23.5 Å². The third-order valence-electron chi connectivity index (χ3n) is 4.98. The number of hydrogen-bond acceptors (Lipinski definition) is 2. The zero-order valence-electron chi connectivity index (χ0n) is 15.3. The Hall–Kier alpha value is -2.69. The van der Waals surface area contributed by atoms with Crippen LogP contribution in [0.25, 0.3) is 0 Å². The number of rotatable bonds is 6. The van der Waals surface area contributed by atoms with E-state index in [1.807, 2.05) is 0 Å². The van der Waals surface area contributed by atoms with Crippen molar-refractivity contribution in [1.82, 2.24) is 5.32 Å². The van der Waals surface area contributed by atoms with Gasteiger partial charge >= 0.3 is 0 Å². The highest BCUT2D eigenvalue weighted by atomic mass is 19.1. The molecule has 5 heteroatoms. The summed E-state index contributed by atoms with van der Waals surface area (Å²) < 4.78 is 12.9. The summed E-state index contributed by atoms with van der Waals surface area (Å²) in [5.74, 6) is -0.337. The molecule has 142 valence electrons. The number of hydrogen-bond donors (Lipinski definition) is 2. The van der Waals surface area contributed by atoms with Crippen LogP contribution in [0, 0.1) is 11.7 Å². The van der Waals surface area contributed by atoms with Crippen molar-refractivity contribution >= 4 is 17.5 Å². The molecule has 2 aromatic carbocycles. The number of nitrogens with one attached hydrogen (secondary N) is 2. The maximum Gasteiger partial charge on any atom is 0.251 e. The summed E-state index contributed by atoms with van der Waals surface area (Å²) in [6, 6.07) is 13.2. The third-order valence-corrected chi connectivity index (χ3v) is 4.98. The highest BCUT2D eigenvalue weighted by Gasteiger charge is 2.21. The number of benzene rings is 2. The van der Waals surface area contributed by atoms with Crippen molar-refractivity contribution < 1.29 is 14.0 Å². The lowest BCUT2D eigenvalue weighted by Crippen LogP contribution is -2.26. The Labute approximate surface area is 159 Å². The van der Waals surface area contributed by atoms with E-state index in [1.165, 1.54) is 18.6 Å². The van der Waals surface area contributed by atoms with Crippen LogP contribution in [0.2, 0.25) is 0 Å². The Morgan fingerprint density at radius 2 is 1.74 bits per heavy atom. The minimum atomic E-state index is -0.269. The van der Waals surface area contributed by atoms with Gasteiger partial charge in [0.25, 0.3) is 5.91 Å². The molecular formula is C22H25FN2O2. The van der Waals surface area contributed by atoms with E-state index in [4.69, 9.17) is 0 Å². The molecule has 0 bridgehead atoms. The fourth-order valence-electron chi connectivity index (χ4n) is 3.42. The molecule has 3 rings (SSSR count). The van der Waals surface area contributed by atoms with Crippen molar-refractivity contribution in [2.75, 3.05) is 11.9 Å². The van der Waals surface area contributed by atoms with Gasteiger partial charge in [0.15, 0.2) is 0 Å². The molecule has 1 saturated carbocycles. The van der Waals surface area contributed by atoms with Crippen LogP contribution < -0.4 is 10.6 Å². The maximum atomic E-state index is 12.9. The summed E-state index contributed by atoms with van der Waals surface area (Å²) >= 11 is 0. The quantitative estimate of drug-likeness (QED) is 0.798. The van der Waals surface area contributed by atoms with Gasteiger partial charge in [-0.05, 0) is 55.2 Å². The standard InChI is InChI=1S/C22H25FN2O2/c23-19-11-9-16(10-12-19)13-14-24-21(26)18-7-4-8-20(15-18)25-22(27)17-5-2-1-3-6-17/h4,7-12,15,17H,1-3,5-6,13-14H2,(H,24,26)(H,25,27). The lowest BCUT2D eigenvalue weighted by atomic mass is 9.88. The minimum absolute atomic E-state index is 0.0450. The van der Waals surface area contributed by atoms with Gasteiger partial charge in [0, 0.05) is 23.7 Å². The van der Waals surface area contributed by atoms with Gasteiger partial charge in [0.2, 0.25) is 5.91 Å². The largest absolute Gasteiger partial charge is 0.352 e. The normalized spacial score (nSPS) is 14.6. The molecule has 1 fully saturated rings. The molecule has 2 aromatic rings. The number of halogens is 1. The zero-order valence-corrected chi connectivity index (χ0v) is 15.3. The summed E-state index contributed by atoms with van der Waals surface area (Å²) in [4.78, 5) is 24.7. The molecule has 2 N–H and O–H groups in total. The number of anilines is 1. The second kappa shape index (κ2) is 9.31. The Morgan fingerprint density at radius 3 is 2.48 bits per heavy atom. The fraction of sp³-hybridized carbons (Fsp3) is 0.364. The molecule has 0 unspecified atom stereocenters. The van der Waals surface area contributed by atoms with Gasteiger partial charge in [-0.15, -0.1) is 0 Å². The van der Waals surface area contributed by atoms with Crippen LogP contribution in [0.15, 0.2) is 48.5 Å². The van der Waals surface area contributed by atoms with E-state index in [0.717, 1.165) is 31.2 Å². The second-order valence-electron chi connectivity index (χ2n) is 7.04. The van der Waals surface area contributed by atoms with Crippen LogP contribution >= 0.6 is 0 Å². The zero-order chi connectivity index (χ0) is 19.1. The first-order valence-electron chi connectivity index (χ1n) is 9.55. The van der Waals surface area contributed by atoms with E-state index in [9.17, 15) is 14.0 Å². The first-order valence-corrected chi connectivity index (χ1v) is 9.55. The van der Waals surface area contributed by atoms with Crippen LogP contribution in [-0.2, 0) is 11.2 Å². The molecule has 1 aliphatic carbocycles. The second-order valence-corrected chi connectivity index (χ2v) is 7.04. The molecule has 0 atom stereocenters. The maximum absolute atomic E-state index is 12.9. The Kier molecular flexibility index (Phi) is 6.58. The van der Waals surface area contributed by atoms with Gasteiger partial charge in [-0.25, -0.2) is 4.39 Å². The molecular weight excluding hydrogens is 343 g/mol. The molecule has 0 saturated heterocycles. The number of amides is 2. The van der Waals surface area contributed by atoms with E-state index >= 15 is 0 Å². The topological polar surface area (TPSA) is 58.2 Å². The van der Waals surface area contributed by atoms with Gasteiger partial charge in [-0.2, -0.15) is 0 Å². The van der Waals surface area contributed by atoms with Crippen LogP contribution in [0.5, 0.6) is 0 Å². The van der Waals surface area contributed by atoms with Gasteiger partial charge < -0.3 is 10.6 Å². The monoisotopic (exact) mass is 368 g/mol. The third kappa shape index (κ3) is 5.64. The molecule has 0 spiro atoms. The van der Waals surface area contributed by atoms with E-state index in [0.29, 0.717) is 24.2 Å². The van der Waals surface area contributed by atoms with Crippen molar-refractivity contribution in [2.45, 2.75) is 38.5 Å². The number of carbonyl (C=O) groups excluding carboxylic acids is 2. The lowest BCUT2D eigenvalue weighted by molar-refractivity contribution is -0.120. The first kappa shape index (κ1) is 19.1. The molecule has 0 heterocycles. The Morgan fingerprint density at radius 1 is 1.00 bits per heavy atom. The van der Waals surface area contributed by atoms with Crippen molar-refractivity contribution in [3.8, 4) is 0 Å². The van der Waals surface area contributed by atoms with Crippen LogP contribution in [0.3, 0.4) is 0 Å². The van der Waals surface area contributed by atoms with Crippen molar-refractivity contribution in [2.24, 2.45) is 5.92 Å². The molecule has 27 heavy (non-hydrogen) atoms. The minimum Gasteiger partial charge on any atom is -0.352 e. The highest BCUT2D eigenvalue weighted by molar-refractivity contribution is 5.97. The Bertz CT molecular complexity index is 783. The average Bonchev–Trinajstić information content (AvgIpc) is 2.70. The van der Waals surface area contributed by atoms with Crippen LogP contribution in [-0.4, -0.2) is 18.4 Å². The number of carbonyl (C=O) groups is 2.